The number of carbonyl (C=O) groups excluding carboxylic acids is 3. The van der Waals surface area contributed by atoms with Gasteiger partial charge in [-0.2, -0.15) is 0 Å². The predicted molar refractivity (Wildman–Crippen MR) is 161 cm³/mol. The molecule has 3 rings (SSSR count). The monoisotopic (exact) mass is 626 g/mol. The molecule has 0 fully saturated rings. The molecule has 0 saturated heterocycles. The lowest BCUT2D eigenvalue weighted by Crippen LogP contribution is -2.39. The molecule has 0 saturated carbocycles. The Balaban J connectivity index is 1.86. The Bertz CT molecular complexity index is 1240. The predicted octanol–water partition coefficient (Wildman–Crippen LogP) is 3.97. The first kappa shape index (κ1) is 34.7. The first-order chi connectivity index (χ1) is 21.6. The molecule has 0 aliphatic carbocycles. The molecule has 0 radical (unpaired) electrons. The summed E-state index contributed by atoms with van der Waals surface area (Å²) in [5.41, 5.74) is 0.148. The molecule has 3 aromatic rings. The van der Waals surface area contributed by atoms with E-state index in [1.165, 1.54) is 64.8 Å². The van der Waals surface area contributed by atoms with Gasteiger partial charge in [0.2, 0.25) is 0 Å². The SMILES string of the molecule is CCC(COC(=O)c1cc(CO)cc(OC)c1)(COC(=O)c1cc(CO)cc(OC)c1)COC(=O)c1cc(OC)cc(OC)c1. The molecule has 0 unspecified atom stereocenters. The van der Waals surface area contributed by atoms with Gasteiger partial charge < -0.3 is 43.4 Å². The molecule has 0 aliphatic heterocycles. The van der Waals surface area contributed by atoms with Crippen LogP contribution in [0.4, 0.5) is 0 Å². The molecule has 2 N–H and O–H groups in total. The van der Waals surface area contributed by atoms with Gasteiger partial charge in [0, 0.05) is 6.07 Å². The number of benzene rings is 3. The summed E-state index contributed by atoms with van der Waals surface area (Å²) < 4.78 is 37.9. The Kier molecular flexibility index (Phi) is 12.6. The van der Waals surface area contributed by atoms with Gasteiger partial charge in [0.05, 0.1) is 63.8 Å². The Morgan fingerprint density at radius 3 is 1.13 bits per heavy atom. The molecule has 0 bridgehead atoms. The van der Waals surface area contributed by atoms with Gasteiger partial charge >= 0.3 is 17.9 Å². The summed E-state index contributed by atoms with van der Waals surface area (Å²) in [6.45, 7) is 0.253. The maximum absolute atomic E-state index is 13.1. The quantitative estimate of drug-likeness (QED) is 0.174. The fourth-order valence-electron chi connectivity index (χ4n) is 4.24. The zero-order chi connectivity index (χ0) is 33.0. The minimum atomic E-state index is -1.17. The van der Waals surface area contributed by atoms with Gasteiger partial charge in [0.15, 0.2) is 0 Å². The smallest absolute Gasteiger partial charge is 0.338 e. The highest BCUT2D eigenvalue weighted by molar-refractivity contribution is 5.91. The molecular weight excluding hydrogens is 588 g/mol. The number of esters is 3. The van der Waals surface area contributed by atoms with Crippen LogP contribution in [0.2, 0.25) is 0 Å². The number of rotatable bonds is 16. The van der Waals surface area contributed by atoms with E-state index < -0.39 is 23.3 Å². The second-order valence-corrected chi connectivity index (χ2v) is 10.1. The van der Waals surface area contributed by atoms with Crippen LogP contribution in [0.5, 0.6) is 23.0 Å². The summed E-state index contributed by atoms with van der Waals surface area (Å²) in [7, 11) is 5.76. The van der Waals surface area contributed by atoms with E-state index in [0.29, 0.717) is 34.1 Å². The van der Waals surface area contributed by atoms with Crippen molar-refractivity contribution in [2.24, 2.45) is 5.41 Å². The fraction of sp³-hybridized carbons (Fsp3) is 0.364. The highest BCUT2D eigenvalue weighted by Gasteiger charge is 2.35. The van der Waals surface area contributed by atoms with Gasteiger partial charge in [0.25, 0.3) is 0 Å². The molecule has 0 aliphatic rings. The van der Waals surface area contributed by atoms with Crippen molar-refractivity contribution in [2.45, 2.75) is 26.6 Å². The topological polar surface area (TPSA) is 156 Å². The zero-order valence-electron chi connectivity index (χ0n) is 25.9. The molecule has 12 heteroatoms. The van der Waals surface area contributed by atoms with E-state index in [2.05, 4.69) is 0 Å². The number of hydrogen-bond donors (Lipinski definition) is 2. The number of aliphatic hydroxyl groups excluding tert-OH is 2. The molecule has 12 nitrogen and oxygen atoms in total. The lowest BCUT2D eigenvalue weighted by atomic mass is 9.88. The summed E-state index contributed by atoms with van der Waals surface area (Å²) in [6, 6.07) is 13.6. The van der Waals surface area contributed by atoms with Crippen LogP contribution in [-0.4, -0.2) is 76.4 Å². The summed E-state index contributed by atoms with van der Waals surface area (Å²) in [4.78, 5) is 39.3. The van der Waals surface area contributed by atoms with Gasteiger partial charge in [0.1, 0.15) is 42.8 Å². The van der Waals surface area contributed by atoms with Gasteiger partial charge in [-0.25, -0.2) is 14.4 Å². The van der Waals surface area contributed by atoms with Crippen LogP contribution in [0.15, 0.2) is 54.6 Å². The minimum Gasteiger partial charge on any atom is -0.497 e. The molecule has 45 heavy (non-hydrogen) atoms. The van der Waals surface area contributed by atoms with Crippen LogP contribution < -0.4 is 18.9 Å². The number of ether oxygens (including phenoxy) is 7. The molecule has 0 aromatic heterocycles. The lowest BCUT2D eigenvalue weighted by molar-refractivity contribution is -0.0382. The van der Waals surface area contributed by atoms with Crippen LogP contribution in [0.25, 0.3) is 0 Å². The molecule has 0 atom stereocenters. The summed E-state index contributed by atoms with van der Waals surface area (Å²) >= 11 is 0. The van der Waals surface area contributed by atoms with Gasteiger partial charge in [-0.3, -0.25) is 0 Å². The Morgan fingerprint density at radius 2 is 0.844 bits per heavy atom. The largest absolute Gasteiger partial charge is 0.497 e. The van der Waals surface area contributed by atoms with E-state index in [0.717, 1.165) is 0 Å². The third kappa shape index (κ3) is 9.34. The number of aliphatic hydroxyl groups is 2. The van der Waals surface area contributed by atoms with E-state index in [-0.39, 0.29) is 56.1 Å². The number of carbonyl (C=O) groups is 3. The maximum atomic E-state index is 13.1. The van der Waals surface area contributed by atoms with Crippen LogP contribution in [0, 0.1) is 5.41 Å². The molecule has 0 amide bonds. The highest BCUT2D eigenvalue weighted by atomic mass is 16.6. The van der Waals surface area contributed by atoms with Crippen LogP contribution >= 0.6 is 0 Å². The van der Waals surface area contributed by atoms with Gasteiger partial charge in [-0.05, 0) is 66.1 Å². The Morgan fingerprint density at radius 1 is 0.533 bits per heavy atom. The molecular formula is C33H38O12. The van der Waals surface area contributed by atoms with E-state index in [1.54, 1.807) is 25.1 Å². The third-order valence-corrected chi connectivity index (χ3v) is 7.11. The van der Waals surface area contributed by atoms with Gasteiger partial charge in [-0.15, -0.1) is 0 Å². The molecule has 0 heterocycles. The third-order valence-electron chi connectivity index (χ3n) is 7.11. The fourth-order valence-corrected chi connectivity index (χ4v) is 4.24. The van der Waals surface area contributed by atoms with E-state index in [9.17, 15) is 24.6 Å². The highest BCUT2D eigenvalue weighted by Crippen LogP contribution is 2.29. The summed E-state index contributed by atoms with van der Waals surface area (Å²) in [5.74, 6) is -0.684. The van der Waals surface area contributed by atoms with E-state index in [1.807, 2.05) is 0 Å². The molecule has 3 aromatic carbocycles. The average molecular weight is 627 g/mol. The zero-order valence-corrected chi connectivity index (χ0v) is 25.9. The van der Waals surface area contributed by atoms with Crippen LogP contribution in [-0.2, 0) is 27.4 Å². The number of methoxy groups -OCH3 is 4. The van der Waals surface area contributed by atoms with Crippen molar-refractivity contribution in [3.8, 4) is 23.0 Å². The van der Waals surface area contributed by atoms with E-state index >= 15 is 0 Å². The second-order valence-electron chi connectivity index (χ2n) is 10.1. The van der Waals surface area contributed by atoms with E-state index in [4.69, 9.17) is 33.2 Å². The minimum absolute atomic E-state index is 0.133. The first-order valence-electron chi connectivity index (χ1n) is 13.9. The van der Waals surface area contributed by atoms with Crippen molar-refractivity contribution in [1.29, 1.82) is 0 Å². The van der Waals surface area contributed by atoms with Crippen molar-refractivity contribution in [3.63, 3.8) is 0 Å². The van der Waals surface area contributed by atoms with Crippen molar-refractivity contribution >= 4 is 17.9 Å². The molecule has 0 spiro atoms. The average Bonchev–Trinajstić information content (AvgIpc) is 3.09. The Hall–Kier alpha value is -4.81. The summed E-state index contributed by atoms with van der Waals surface area (Å²) in [5, 5.41) is 19.2. The van der Waals surface area contributed by atoms with Gasteiger partial charge in [-0.1, -0.05) is 6.92 Å². The second kappa shape index (κ2) is 16.3. The van der Waals surface area contributed by atoms with Crippen LogP contribution in [0.3, 0.4) is 0 Å². The number of hydrogen-bond acceptors (Lipinski definition) is 12. The van der Waals surface area contributed by atoms with Crippen molar-refractivity contribution in [1.82, 2.24) is 0 Å². The van der Waals surface area contributed by atoms with Crippen molar-refractivity contribution in [3.05, 3.63) is 82.4 Å². The normalized spacial score (nSPS) is 10.9. The summed E-state index contributed by atoms with van der Waals surface area (Å²) in [6.07, 6.45) is 0.266. The first-order valence-corrected chi connectivity index (χ1v) is 13.9. The lowest BCUT2D eigenvalue weighted by Gasteiger charge is -2.31. The van der Waals surface area contributed by atoms with Crippen molar-refractivity contribution < 1.29 is 57.8 Å². The Labute approximate surface area is 261 Å². The maximum Gasteiger partial charge on any atom is 0.338 e. The molecule has 242 valence electrons. The van der Waals surface area contributed by atoms with Crippen LogP contribution in [0.1, 0.15) is 55.5 Å². The van der Waals surface area contributed by atoms with Crippen molar-refractivity contribution in [2.75, 3.05) is 48.3 Å². The standard InChI is InChI=1S/C33H38O12/c1-6-33(18-43-30(36)23-7-21(16-34)9-26(11-23)39-2,19-44-31(37)24-8-22(17-35)10-27(12-24)40-3)20-45-32(38)25-13-28(41-4)15-29(14-25)42-5/h7-15,34-35H,6,16-20H2,1-5H3.